The number of anilines is 1. The molecule has 0 spiro atoms. The molecule has 2 aromatic rings. The Labute approximate surface area is 164 Å². The maximum absolute atomic E-state index is 12.3. The lowest BCUT2D eigenvalue weighted by atomic mass is 10.1. The summed E-state index contributed by atoms with van der Waals surface area (Å²) >= 11 is 5.94. The van der Waals surface area contributed by atoms with E-state index in [4.69, 9.17) is 11.6 Å². The molecule has 1 saturated heterocycles. The van der Waals surface area contributed by atoms with E-state index >= 15 is 0 Å². The highest BCUT2D eigenvalue weighted by Gasteiger charge is 2.24. The number of hydrogen-bond donors (Lipinski definition) is 3. The predicted molar refractivity (Wildman–Crippen MR) is 106 cm³/mol. The van der Waals surface area contributed by atoms with Crippen molar-refractivity contribution in [3.63, 3.8) is 0 Å². The van der Waals surface area contributed by atoms with Crippen molar-refractivity contribution in [2.24, 2.45) is 0 Å². The van der Waals surface area contributed by atoms with Crippen LogP contribution in [0.2, 0.25) is 5.02 Å². The normalized spacial score (nSPS) is 19.5. The predicted octanol–water partition coefficient (Wildman–Crippen LogP) is 0.465. The molecule has 0 radical (unpaired) electrons. The maximum atomic E-state index is 12.3. The van der Waals surface area contributed by atoms with Gasteiger partial charge in [-0.05, 0) is 31.2 Å². The van der Waals surface area contributed by atoms with Crippen LogP contribution in [0.15, 0.2) is 48.5 Å². The van der Waals surface area contributed by atoms with Gasteiger partial charge in [-0.25, -0.2) is 0 Å². The van der Waals surface area contributed by atoms with Crippen molar-refractivity contribution < 1.29 is 19.4 Å². The van der Waals surface area contributed by atoms with Crippen LogP contribution in [0.4, 0.5) is 5.69 Å². The Morgan fingerprint density at radius 3 is 2.33 bits per heavy atom. The van der Waals surface area contributed by atoms with Gasteiger partial charge in [-0.15, -0.1) is 0 Å². The number of ketones is 1. The minimum absolute atomic E-state index is 0.00323. The number of carbonyl (C=O) groups excluding carboxylic acids is 2. The number of amides is 1. The molecule has 0 saturated carbocycles. The van der Waals surface area contributed by atoms with Gasteiger partial charge in [0, 0.05) is 21.8 Å². The molecule has 3 N–H and O–H groups in total. The number of quaternary nitrogens is 2. The van der Waals surface area contributed by atoms with Crippen LogP contribution in [-0.2, 0) is 11.3 Å². The van der Waals surface area contributed by atoms with E-state index in [0.717, 1.165) is 37.7 Å². The molecule has 0 aliphatic carbocycles. The highest BCUT2D eigenvalue weighted by Crippen LogP contribution is 2.11. The zero-order valence-electron chi connectivity index (χ0n) is 15.6. The van der Waals surface area contributed by atoms with Crippen molar-refractivity contribution in [2.45, 2.75) is 13.5 Å². The summed E-state index contributed by atoms with van der Waals surface area (Å²) in [6.45, 7) is 7.02. The van der Waals surface area contributed by atoms with Gasteiger partial charge in [0.1, 0.15) is 32.7 Å². The Balaban J connectivity index is 1.44. The van der Waals surface area contributed by atoms with E-state index in [1.165, 1.54) is 22.3 Å². The summed E-state index contributed by atoms with van der Waals surface area (Å²) < 4.78 is 0. The highest BCUT2D eigenvalue weighted by atomic mass is 35.5. The van der Waals surface area contributed by atoms with Crippen LogP contribution in [0.25, 0.3) is 0 Å². The first-order valence-electron chi connectivity index (χ1n) is 9.32. The van der Waals surface area contributed by atoms with Gasteiger partial charge in [0.2, 0.25) is 0 Å². The van der Waals surface area contributed by atoms with E-state index < -0.39 is 0 Å². The quantitative estimate of drug-likeness (QED) is 0.631. The van der Waals surface area contributed by atoms with E-state index in [2.05, 4.69) is 17.4 Å². The van der Waals surface area contributed by atoms with Crippen molar-refractivity contribution in [1.29, 1.82) is 0 Å². The van der Waals surface area contributed by atoms with E-state index in [0.29, 0.717) is 17.8 Å². The molecule has 1 aliphatic heterocycles. The lowest BCUT2D eigenvalue weighted by Crippen LogP contribution is -3.28. The Hall–Kier alpha value is -2.21. The molecule has 1 fully saturated rings. The summed E-state index contributed by atoms with van der Waals surface area (Å²) in [6.07, 6.45) is 0. The molecule has 1 heterocycles. The third-order valence-electron chi connectivity index (χ3n) is 5.00. The monoisotopic (exact) mass is 387 g/mol. The first-order valence-corrected chi connectivity index (χ1v) is 9.70. The van der Waals surface area contributed by atoms with Gasteiger partial charge in [-0.2, -0.15) is 0 Å². The molecule has 142 valence electrons. The van der Waals surface area contributed by atoms with Gasteiger partial charge in [-0.3, -0.25) is 9.59 Å². The highest BCUT2D eigenvalue weighted by molar-refractivity contribution is 6.30. The third-order valence-corrected chi connectivity index (χ3v) is 5.25. The number of halogens is 1. The molecule has 0 bridgehead atoms. The summed E-state index contributed by atoms with van der Waals surface area (Å²) in [4.78, 5) is 26.6. The number of rotatable bonds is 6. The molecule has 1 aliphatic rings. The number of piperazine rings is 1. The molecule has 0 aromatic heterocycles. The second-order valence-electron chi connectivity index (χ2n) is 7.17. The maximum Gasteiger partial charge on any atom is 0.279 e. The zero-order valence-corrected chi connectivity index (χ0v) is 16.3. The van der Waals surface area contributed by atoms with Crippen molar-refractivity contribution in [1.82, 2.24) is 0 Å². The van der Waals surface area contributed by atoms with Gasteiger partial charge in [0.15, 0.2) is 12.3 Å². The molecular formula is C21H26ClN3O2+2. The average molecular weight is 388 g/mol. The van der Waals surface area contributed by atoms with Crippen molar-refractivity contribution in [2.75, 3.05) is 38.0 Å². The van der Waals surface area contributed by atoms with Crippen LogP contribution in [0.1, 0.15) is 22.8 Å². The van der Waals surface area contributed by atoms with E-state index in [-0.39, 0.29) is 11.7 Å². The molecule has 0 unspecified atom stereocenters. The molecule has 27 heavy (non-hydrogen) atoms. The van der Waals surface area contributed by atoms with Gasteiger partial charge in [0.05, 0.1) is 0 Å². The fraction of sp³-hybridized carbons (Fsp3) is 0.333. The summed E-state index contributed by atoms with van der Waals surface area (Å²) in [5.74, 6) is -0.0108. The second-order valence-corrected chi connectivity index (χ2v) is 7.60. The smallest absolute Gasteiger partial charge is 0.279 e. The summed E-state index contributed by atoms with van der Waals surface area (Å²) in [6, 6.07) is 15.1. The van der Waals surface area contributed by atoms with E-state index in [1.54, 1.807) is 18.2 Å². The lowest BCUT2D eigenvalue weighted by molar-refractivity contribution is -1.02. The standard InChI is InChI=1S/C21H24ClN3O2/c1-16(26)18-3-2-4-20(13-18)23-21(27)15-25-11-9-24(10-12-25)14-17-5-7-19(22)8-6-17/h2-8,13H,9-12,14-15H2,1H3,(H,23,27)/p+2. The lowest BCUT2D eigenvalue weighted by Gasteiger charge is -2.29. The largest absolute Gasteiger partial charge is 0.322 e. The molecule has 5 nitrogen and oxygen atoms in total. The van der Waals surface area contributed by atoms with Gasteiger partial charge in [0.25, 0.3) is 5.91 Å². The van der Waals surface area contributed by atoms with Crippen LogP contribution in [-0.4, -0.2) is 44.4 Å². The zero-order chi connectivity index (χ0) is 19.2. The Morgan fingerprint density at radius 1 is 1.00 bits per heavy atom. The summed E-state index contributed by atoms with van der Waals surface area (Å²) in [5.41, 5.74) is 2.58. The molecule has 0 atom stereocenters. The first kappa shape index (κ1) is 19.5. The molecule has 2 aromatic carbocycles. The van der Waals surface area contributed by atoms with Crippen LogP contribution < -0.4 is 15.1 Å². The number of hydrogen-bond acceptors (Lipinski definition) is 2. The SMILES string of the molecule is CC(=O)c1cccc(NC(=O)C[NH+]2CC[NH+](Cc3ccc(Cl)cc3)CC2)c1. The summed E-state index contributed by atoms with van der Waals surface area (Å²) in [5, 5.41) is 3.68. The van der Waals surface area contributed by atoms with Gasteiger partial charge < -0.3 is 15.1 Å². The fourth-order valence-corrected chi connectivity index (χ4v) is 3.58. The number of benzene rings is 2. The van der Waals surface area contributed by atoms with Crippen LogP contribution in [0.5, 0.6) is 0 Å². The first-order chi connectivity index (χ1) is 13.0. The number of Topliss-reactive ketones (excluding diaryl/α,β-unsaturated/α-hetero) is 1. The Morgan fingerprint density at radius 2 is 1.67 bits per heavy atom. The second kappa shape index (κ2) is 9.13. The fourth-order valence-electron chi connectivity index (χ4n) is 3.45. The van der Waals surface area contributed by atoms with Gasteiger partial charge >= 0.3 is 0 Å². The third kappa shape index (κ3) is 5.89. The van der Waals surface area contributed by atoms with Crippen molar-refractivity contribution in [3.05, 3.63) is 64.7 Å². The van der Waals surface area contributed by atoms with E-state index in [1.807, 2.05) is 18.2 Å². The Kier molecular flexibility index (Phi) is 6.61. The molecule has 1 amide bonds. The number of carbonyl (C=O) groups is 2. The number of nitrogens with one attached hydrogen (secondary N) is 3. The van der Waals surface area contributed by atoms with Crippen molar-refractivity contribution >= 4 is 29.0 Å². The Bertz CT molecular complexity index is 799. The topological polar surface area (TPSA) is 55.0 Å². The van der Waals surface area contributed by atoms with Crippen LogP contribution >= 0.6 is 11.6 Å². The van der Waals surface area contributed by atoms with Gasteiger partial charge in [-0.1, -0.05) is 35.9 Å². The van der Waals surface area contributed by atoms with E-state index in [9.17, 15) is 9.59 Å². The molecular weight excluding hydrogens is 362 g/mol. The average Bonchev–Trinajstić information content (AvgIpc) is 2.65. The van der Waals surface area contributed by atoms with Crippen molar-refractivity contribution in [3.8, 4) is 0 Å². The minimum atomic E-state index is -0.00754. The molecule has 3 rings (SSSR count). The molecule has 6 heteroatoms. The summed E-state index contributed by atoms with van der Waals surface area (Å²) in [7, 11) is 0. The minimum Gasteiger partial charge on any atom is -0.322 e. The van der Waals surface area contributed by atoms with Crippen LogP contribution in [0.3, 0.4) is 0 Å². The van der Waals surface area contributed by atoms with Crippen LogP contribution in [0, 0.1) is 0 Å².